The van der Waals surface area contributed by atoms with Crippen molar-refractivity contribution in [3.8, 4) is 0 Å². The second-order valence-corrected chi connectivity index (χ2v) is 9.50. The van der Waals surface area contributed by atoms with Crippen LogP contribution >= 0.6 is 0 Å². The van der Waals surface area contributed by atoms with Gasteiger partial charge in [-0.1, -0.05) is 25.8 Å². The number of carbonyl (C=O) groups is 1. The molecule has 1 saturated carbocycles. The SMILES string of the molecule is CCc1cnn2c(NCc3ccc(=O)n(C)c3)cc(N[C@H]3CCCC[C@H]3COC(=O)[C@H](C)N)cc12. The summed E-state index contributed by atoms with van der Waals surface area (Å²) >= 11 is 0. The van der Waals surface area contributed by atoms with Crippen LogP contribution in [0.3, 0.4) is 0 Å². The van der Waals surface area contributed by atoms with Crippen molar-refractivity contribution in [1.82, 2.24) is 14.2 Å². The Kier molecular flexibility index (Phi) is 7.75. The molecule has 9 heteroatoms. The summed E-state index contributed by atoms with van der Waals surface area (Å²) in [6, 6.07) is 7.23. The third-order valence-corrected chi connectivity index (χ3v) is 6.77. The van der Waals surface area contributed by atoms with Crippen molar-refractivity contribution in [3.05, 3.63) is 58.1 Å². The third-order valence-electron chi connectivity index (χ3n) is 6.77. The fourth-order valence-electron chi connectivity index (χ4n) is 4.70. The van der Waals surface area contributed by atoms with Crippen LogP contribution in [0.5, 0.6) is 0 Å². The number of nitrogens with one attached hydrogen (secondary N) is 2. The summed E-state index contributed by atoms with van der Waals surface area (Å²) in [6.45, 7) is 4.71. The van der Waals surface area contributed by atoms with E-state index in [0.717, 1.165) is 54.7 Å². The fourth-order valence-corrected chi connectivity index (χ4v) is 4.70. The van der Waals surface area contributed by atoms with E-state index in [1.807, 2.05) is 23.0 Å². The maximum Gasteiger partial charge on any atom is 0.322 e. The van der Waals surface area contributed by atoms with Crippen LogP contribution in [-0.2, 0) is 29.5 Å². The van der Waals surface area contributed by atoms with Crippen molar-refractivity contribution in [2.24, 2.45) is 18.7 Å². The number of carbonyl (C=O) groups excluding carboxylic acids is 1. The standard InChI is InChI=1S/C26H36N6O3/c1-4-19-14-29-32-23(19)11-21(12-24(32)28-13-18-9-10-25(33)31(3)15-18)30-22-8-6-5-7-20(22)16-35-26(34)17(2)27/h9-12,14-15,17,20,22,28,30H,4-8,13,16,27H2,1-3H3/t17-,20-,22-/m0/s1. The number of esters is 1. The van der Waals surface area contributed by atoms with Crippen molar-refractivity contribution < 1.29 is 9.53 Å². The number of rotatable bonds is 9. The van der Waals surface area contributed by atoms with Gasteiger partial charge in [0.05, 0.1) is 18.3 Å². The molecule has 0 amide bonds. The molecule has 188 valence electrons. The summed E-state index contributed by atoms with van der Waals surface area (Å²) in [6.07, 6.45) is 8.93. The first-order chi connectivity index (χ1) is 16.9. The lowest BCUT2D eigenvalue weighted by atomic mass is 9.85. The van der Waals surface area contributed by atoms with Crippen molar-refractivity contribution >= 4 is 23.0 Å². The first-order valence-electron chi connectivity index (χ1n) is 12.4. The van der Waals surface area contributed by atoms with Crippen LogP contribution in [0.15, 0.2) is 41.5 Å². The molecule has 0 aliphatic heterocycles. The van der Waals surface area contributed by atoms with Gasteiger partial charge in [-0.15, -0.1) is 0 Å². The summed E-state index contributed by atoms with van der Waals surface area (Å²) in [5.41, 5.74) is 9.86. The van der Waals surface area contributed by atoms with Gasteiger partial charge in [-0.25, -0.2) is 4.52 Å². The summed E-state index contributed by atoms with van der Waals surface area (Å²) < 4.78 is 8.98. The Morgan fingerprint density at radius 2 is 2.09 bits per heavy atom. The Labute approximate surface area is 205 Å². The molecule has 0 saturated heterocycles. The quantitative estimate of drug-likeness (QED) is 0.403. The topological polar surface area (TPSA) is 116 Å². The van der Waals surface area contributed by atoms with Crippen LogP contribution in [0.25, 0.3) is 5.52 Å². The van der Waals surface area contributed by atoms with Crippen LogP contribution in [0.2, 0.25) is 0 Å². The van der Waals surface area contributed by atoms with E-state index in [1.54, 1.807) is 24.6 Å². The molecule has 9 nitrogen and oxygen atoms in total. The van der Waals surface area contributed by atoms with Gasteiger partial charge in [0.25, 0.3) is 0 Å². The van der Waals surface area contributed by atoms with Crippen molar-refractivity contribution in [2.45, 2.75) is 64.6 Å². The lowest BCUT2D eigenvalue weighted by Gasteiger charge is -2.33. The lowest BCUT2D eigenvalue weighted by molar-refractivity contribution is -0.146. The number of nitrogens with zero attached hydrogens (tertiary/aromatic N) is 3. The van der Waals surface area contributed by atoms with Crippen LogP contribution in [0.1, 0.15) is 50.7 Å². The molecule has 3 atom stereocenters. The first kappa shape index (κ1) is 24.8. The molecule has 3 heterocycles. The highest BCUT2D eigenvalue weighted by molar-refractivity contribution is 5.74. The molecule has 0 spiro atoms. The molecule has 0 bridgehead atoms. The minimum atomic E-state index is -0.609. The van der Waals surface area contributed by atoms with Gasteiger partial charge in [-0.05, 0) is 43.4 Å². The van der Waals surface area contributed by atoms with Gasteiger partial charge < -0.3 is 25.7 Å². The monoisotopic (exact) mass is 480 g/mol. The van der Waals surface area contributed by atoms with Gasteiger partial charge in [0.1, 0.15) is 11.9 Å². The van der Waals surface area contributed by atoms with Gasteiger partial charge in [-0.2, -0.15) is 5.10 Å². The zero-order valence-electron chi connectivity index (χ0n) is 20.8. The molecule has 0 radical (unpaired) electrons. The average Bonchev–Trinajstić information content (AvgIpc) is 3.27. The number of fused-ring (bicyclic) bond motifs is 1. The average molecular weight is 481 g/mol. The van der Waals surface area contributed by atoms with Gasteiger partial charge in [0.15, 0.2) is 0 Å². The van der Waals surface area contributed by atoms with Crippen LogP contribution in [0, 0.1) is 5.92 Å². The highest BCUT2D eigenvalue weighted by Gasteiger charge is 2.27. The Hall–Kier alpha value is -3.33. The van der Waals surface area contributed by atoms with Crippen LogP contribution in [-0.4, -0.2) is 38.8 Å². The Bertz CT molecular complexity index is 1230. The van der Waals surface area contributed by atoms with Gasteiger partial charge >= 0.3 is 5.97 Å². The van der Waals surface area contributed by atoms with E-state index < -0.39 is 6.04 Å². The van der Waals surface area contributed by atoms with Gasteiger partial charge in [0.2, 0.25) is 5.56 Å². The zero-order valence-corrected chi connectivity index (χ0v) is 20.8. The Balaban J connectivity index is 1.56. The maximum atomic E-state index is 11.9. The van der Waals surface area contributed by atoms with E-state index in [0.29, 0.717) is 13.2 Å². The molecular weight excluding hydrogens is 444 g/mol. The number of nitrogens with two attached hydrogens (primary N) is 1. The Morgan fingerprint density at radius 3 is 2.83 bits per heavy atom. The van der Waals surface area contributed by atoms with E-state index in [-0.39, 0.29) is 23.5 Å². The molecule has 0 unspecified atom stereocenters. The molecule has 4 rings (SSSR count). The second-order valence-electron chi connectivity index (χ2n) is 9.50. The number of anilines is 2. The third kappa shape index (κ3) is 5.85. The van der Waals surface area contributed by atoms with Gasteiger partial charge in [0, 0.05) is 49.6 Å². The van der Waals surface area contributed by atoms with E-state index in [1.165, 1.54) is 5.56 Å². The smallest absolute Gasteiger partial charge is 0.322 e. The molecule has 3 aromatic rings. The van der Waals surface area contributed by atoms with Crippen molar-refractivity contribution in [2.75, 3.05) is 17.2 Å². The second kappa shape index (κ2) is 10.9. The zero-order chi connectivity index (χ0) is 24.9. The summed E-state index contributed by atoms with van der Waals surface area (Å²) in [5.74, 6) is 0.752. The molecular formula is C26H36N6O3. The predicted octanol–water partition coefficient (Wildman–Crippen LogP) is 3.07. The van der Waals surface area contributed by atoms with Crippen LogP contribution < -0.4 is 21.9 Å². The predicted molar refractivity (Wildman–Crippen MR) is 138 cm³/mol. The molecule has 1 aliphatic rings. The fraction of sp³-hybridized carbons (Fsp3) is 0.500. The minimum absolute atomic E-state index is 0.0318. The number of aromatic nitrogens is 3. The molecule has 35 heavy (non-hydrogen) atoms. The molecule has 1 aliphatic carbocycles. The van der Waals surface area contributed by atoms with Crippen LogP contribution in [0.4, 0.5) is 11.5 Å². The van der Waals surface area contributed by atoms with Crippen molar-refractivity contribution in [3.63, 3.8) is 0 Å². The normalized spacial score (nSPS) is 18.9. The molecule has 4 N–H and O–H groups in total. The molecule has 3 aromatic heterocycles. The molecule has 1 fully saturated rings. The summed E-state index contributed by atoms with van der Waals surface area (Å²) in [4.78, 5) is 23.6. The highest BCUT2D eigenvalue weighted by Crippen LogP contribution is 2.30. The van der Waals surface area contributed by atoms with Gasteiger partial charge in [-0.3, -0.25) is 9.59 Å². The summed E-state index contributed by atoms with van der Waals surface area (Å²) in [7, 11) is 1.75. The number of hydrogen-bond acceptors (Lipinski definition) is 7. The first-order valence-corrected chi connectivity index (χ1v) is 12.4. The number of ether oxygens (including phenoxy) is 1. The lowest BCUT2D eigenvalue weighted by Crippen LogP contribution is -2.37. The summed E-state index contributed by atoms with van der Waals surface area (Å²) in [5, 5.41) is 11.8. The van der Waals surface area contributed by atoms with E-state index in [2.05, 4.69) is 34.8 Å². The van der Waals surface area contributed by atoms with E-state index in [9.17, 15) is 9.59 Å². The number of aryl methyl sites for hydroxylation is 2. The number of pyridine rings is 2. The van der Waals surface area contributed by atoms with E-state index >= 15 is 0 Å². The molecule has 0 aromatic carbocycles. The minimum Gasteiger partial charge on any atom is -0.464 e. The Morgan fingerprint density at radius 1 is 1.29 bits per heavy atom. The largest absolute Gasteiger partial charge is 0.464 e. The number of hydrogen-bond donors (Lipinski definition) is 3. The van der Waals surface area contributed by atoms with E-state index in [4.69, 9.17) is 10.5 Å². The maximum absolute atomic E-state index is 11.9. The van der Waals surface area contributed by atoms with Crippen molar-refractivity contribution in [1.29, 1.82) is 0 Å². The highest BCUT2D eigenvalue weighted by atomic mass is 16.5.